The number of nitrogens with zero attached hydrogens (tertiary/aromatic N) is 3. The van der Waals surface area contributed by atoms with Crippen molar-refractivity contribution >= 4 is 52.4 Å². The summed E-state index contributed by atoms with van der Waals surface area (Å²) in [5, 5.41) is 16.8. The first-order valence-corrected chi connectivity index (χ1v) is 16.5. The standard InChI is InChI=1S/C43H24Cl2N4O5/c1-4-5-6-7-8-9-10-11-12-13-14-15-16-17-18-21-28-54-39-30-36(45)35(44)29-37(39)46-42(52)41(43(53)48-27-26-33-22-19-20-23-38(33)48)49-32(3)34(31(2)47-49)24-25-40(50)51/h1,19-20,22-23,29-30,41H,24-27H2,2-3H3,(H,46,52)(H,50,51). The normalized spacial score (nSPS) is 10.3. The van der Waals surface area contributed by atoms with Gasteiger partial charge >= 0.3 is 5.97 Å². The average molecular weight is 748 g/mol. The number of aryl methyl sites for hydroxylation is 1. The summed E-state index contributed by atoms with van der Waals surface area (Å²) in [4.78, 5) is 41.3. The molecule has 1 unspecified atom stereocenters. The number of ether oxygens (including phenoxy) is 1. The zero-order chi connectivity index (χ0) is 38.9. The molecule has 0 saturated heterocycles. The van der Waals surface area contributed by atoms with Crippen LogP contribution < -0.4 is 15.0 Å². The summed E-state index contributed by atoms with van der Waals surface area (Å²) in [5.41, 5.74) is 3.31. The van der Waals surface area contributed by atoms with Crippen molar-refractivity contribution in [2.75, 3.05) is 16.8 Å². The van der Waals surface area contributed by atoms with Gasteiger partial charge in [0.2, 0.25) is 6.04 Å². The van der Waals surface area contributed by atoms with Crippen molar-refractivity contribution in [2.24, 2.45) is 0 Å². The van der Waals surface area contributed by atoms with Gasteiger partial charge in [0.1, 0.15) is 6.11 Å². The molecule has 2 heterocycles. The lowest BCUT2D eigenvalue weighted by molar-refractivity contribution is -0.137. The number of nitrogens with one attached hydrogen (secondary N) is 1. The summed E-state index contributed by atoms with van der Waals surface area (Å²) >= 11 is 12.6. The highest BCUT2D eigenvalue weighted by atomic mass is 35.5. The molecule has 0 bridgehead atoms. The molecule has 260 valence electrons. The molecule has 1 aliphatic heterocycles. The maximum atomic E-state index is 14.3. The summed E-state index contributed by atoms with van der Waals surface area (Å²) in [6.07, 6.45) is 8.00. The first-order valence-electron chi connectivity index (χ1n) is 15.7. The van der Waals surface area contributed by atoms with Crippen molar-refractivity contribution in [2.45, 2.75) is 39.2 Å². The molecule has 1 aromatic heterocycles. The summed E-state index contributed by atoms with van der Waals surface area (Å²) < 4.78 is 6.88. The molecule has 1 atom stereocenters. The van der Waals surface area contributed by atoms with E-state index >= 15 is 0 Å². The minimum atomic E-state index is -1.49. The summed E-state index contributed by atoms with van der Waals surface area (Å²) in [7, 11) is 0. The summed E-state index contributed by atoms with van der Waals surface area (Å²) in [6.45, 7) is 3.74. The molecule has 11 heteroatoms. The zero-order valence-electron chi connectivity index (χ0n) is 28.6. The lowest BCUT2D eigenvalue weighted by atomic mass is 10.1. The Bertz CT molecular complexity index is 2610. The second-order valence-corrected chi connectivity index (χ2v) is 11.5. The number of halogens is 2. The molecule has 0 saturated carbocycles. The van der Waals surface area contributed by atoms with Crippen LogP contribution in [-0.2, 0) is 27.2 Å². The maximum Gasteiger partial charge on any atom is 0.303 e. The number of benzene rings is 2. The number of carboxylic acid groups (broad SMARTS) is 1. The van der Waals surface area contributed by atoms with Gasteiger partial charge in [-0.25, -0.2) is 4.68 Å². The van der Waals surface area contributed by atoms with Gasteiger partial charge in [0.25, 0.3) is 11.8 Å². The lowest BCUT2D eigenvalue weighted by Crippen LogP contribution is -2.43. The first-order chi connectivity index (χ1) is 26.1. The highest BCUT2D eigenvalue weighted by Gasteiger charge is 2.38. The van der Waals surface area contributed by atoms with Gasteiger partial charge < -0.3 is 20.1 Å². The van der Waals surface area contributed by atoms with E-state index in [4.69, 9.17) is 34.4 Å². The van der Waals surface area contributed by atoms with E-state index in [9.17, 15) is 19.5 Å². The molecular weight excluding hydrogens is 723 g/mol. The number of aromatic nitrogens is 2. The Morgan fingerprint density at radius 1 is 0.889 bits per heavy atom. The van der Waals surface area contributed by atoms with Gasteiger partial charge in [0.15, 0.2) is 5.75 Å². The molecule has 0 spiro atoms. The van der Waals surface area contributed by atoms with E-state index in [1.807, 2.05) is 24.3 Å². The minimum absolute atomic E-state index is 0.0189. The second-order valence-electron chi connectivity index (χ2n) is 10.7. The quantitative estimate of drug-likeness (QED) is 0.258. The van der Waals surface area contributed by atoms with Gasteiger partial charge in [-0.1, -0.05) is 41.4 Å². The van der Waals surface area contributed by atoms with Crippen LogP contribution in [0.15, 0.2) is 36.4 Å². The van der Waals surface area contributed by atoms with Crippen LogP contribution in [0.3, 0.4) is 0 Å². The topological polar surface area (TPSA) is 114 Å². The van der Waals surface area contributed by atoms with E-state index in [1.54, 1.807) is 18.7 Å². The highest BCUT2D eigenvalue weighted by Crippen LogP contribution is 2.36. The number of aliphatic carboxylic acids is 1. The number of hydrogen-bond donors (Lipinski definition) is 2. The van der Waals surface area contributed by atoms with Crippen LogP contribution in [0.5, 0.6) is 5.75 Å². The number of para-hydroxylation sites is 1. The highest BCUT2D eigenvalue weighted by molar-refractivity contribution is 6.42. The van der Waals surface area contributed by atoms with Gasteiger partial charge in [-0.2, -0.15) is 5.10 Å². The van der Waals surface area contributed by atoms with Gasteiger partial charge in [-0.15, -0.1) is 6.42 Å². The van der Waals surface area contributed by atoms with Crippen LogP contribution in [0.1, 0.15) is 35.0 Å². The van der Waals surface area contributed by atoms with Crippen LogP contribution >= 0.6 is 23.2 Å². The van der Waals surface area contributed by atoms with Crippen molar-refractivity contribution in [1.82, 2.24) is 9.78 Å². The van der Waals surface area contributed by atoms with Crippen LogP contribution in [0.4, 0.5) is 11.4 Å². The van der Waals surface area contributed by atoms with Crippen molar-refractivity contribution in [1.29, 1.82) is 0 Å². The molecule has 0 aliphatic carbocycles. The van der Waals surface area contributed by atoms with Gasteiger partial charge in [-0.05, 0) is 97.3 Å². The van der Waals surface area contributed by atoms with Crippen molar-refractivity contribution < 1.29 is 24.2 Å². The Kier molecular flexibility index (Phi) is 14.4. The number of rotatable bonds is 8. The molecule has 2 amide bonds. The minimum Gasteiger partial charge on any atom is -0.481 e. The average Bonchev–Trinajstić information content (AvgIpc) is 3.70. The van der Waals surface area contributed by atoms with E-state index in [0.29, 0.717) is 35.6 Å². The third-order valence-corrected chi connectivity index (χ3v) is 8.11. The molecule has 54 heavy (non-hydrogen) atoms. The van der Waals surface area contributed by atoms with Gasteiger partial charge in [-0.3, -0.25) is 14.4 Å². The van der Waals surface area contributed by atoms with Crippen LogP contribution in [0.2, 0.25) is 10.0 Å². The molecular formula is C43H24Cl2N4O5. The molecule has 9 nitrogen and oxygen atoms in total. The predicted molar refractivity (Wildman–Crippen MR) is 206 cm³/mol. The molecule has 0 fully saturated rings. The molecule has 1 aliphatic rings. The summed E-state index contributed by atoms with van der Waals surface area (Å²) in [6, 6.07) is 8.64. The SMILES string of the molecule is C#CC#CC#CC#CC#CC#CC#CC#CC#COc1cc(Cl)c(Cl)cc1NC(=O)C(C(=O)N1CCc2ccccc21)n1nc(C)c(CCC(=O)O)c1C. The number of fused-ring (bicyclic) bond motifs is 1. The fraction of sp³-hybridized carbons (Fsp3) is 0.163. The predicted octanol–water partition coefficient (Wildman–Crippen LogP) is 4.59. The Balaban J connectivity index is 1.56. The zero-order valence-corrected chi connectivity index (χ0v) is 30.1. The van der Waals surface area contributed by atoms with E-state index in [1.165, 1.54) is 16.8 Å². The van der Waals surface area contributed by atoms with E-state index in [2.05, 4.69) is 111 Å². The number of carbonyl (C=O) groups is 3. The van der Waals surface area contributed by atoms with Gasteiger partial charge in [0, 0.05) is 77.8 Å². The van der Waals surface area contributed by atoms with E-state index in [0.717, 1.165) is 5.56 Å². The van der Waals surface area contributed by atoms with Crippen molar-refractivity contribution in [3.05, 3.63) is 69.0 Å². The Morgan fingerprint density at radius 3 is 2.07 bits per heavy atom. The Morgan fingerprint density at radius 2 is 1.46 bits per heavy atom. The molecule has 4 rings (SSSR count). The number of hydrogen-bond acceptors (Lipinski definition) is 5. The number of carbonyl (C=O) groups excluding carboxylic acids is 2. The smallest absolute Gasteiger partial charge is 0.303 e. The summed E-state index contributed by atoms with van der Waals surface area (Å²) in [5.74, 6) is 36.8. The third kappa shape index (κ3) is 10.7. The van der Waals surface area contributed by atoms with Crippen molar-refractivity contribution in [3.63, 3.8) is 0 Å². The second kappa shape index (κ2) is 19.8. The fourth-order valence-corrected chi connectivity index (χ4v) is 5.36. The fourth-order valence-electron chi connectivity index (χ4n) is 5.04. The molecule has 0 radical (unpaired) electrons. The number of amides is 2. The maximum absolute atomic E-state index is 14.3. The number of terminal acetylenes is 1. The number of carboxylic acids is 1. The van der Waals surface area contributed by atoms with Gasteiger partial charge in [0.05, 0.1) is 21.4 Å². The van der Waals surface area contributed by atoms with E-state index < -0.39 is 23.8 Å². The first kappa shape index (κ1) is 39.3. The van der Waals surface area contributed by atoms with Crippen molar-refractivity contribution in [3.8, 4) is 113 Å². The lowest BCUT2D eigenvalue weighted by Gasteiger charge is -2.25. The molecule has 2 N–H and O–H groups in total. The number of anilines is 2. The molecule has 3 aromatic rings. The van der Waals surface area contributed by atoms with E-state index in [-0.39, 0.29) is 34.3 Å². The Hall–Kier alpha value is -7.52. The largest absolute Gasteiger partial charge is 0.481 e. The Labute approximate surface area is 323 Å². The third-order valence-electron chi connectivity index (χ3n) is 7.38. The monoisotopic (exact) mass is 746 g/mol. The van der Waals surface area contributed by atoms with Crippen LogP contribution in [0, 0.1) is 121 Å². The van der Waals surface area contributed by atoms with Crippen LogP contribution in [0.25, 0.3) is 0 Å². The van der Waals surface area contributed by atoms with Crippen LogP contribution in [-0.4, -0.2) is 39.2 Å². The molecule has 2 aromatic carbocycles.